The first-order valence-electron chi connectivity index (χ1n) is 18.7. The van der Waals surface area contributed by atoms with Crippen LogP contribution in [0.1, 0.15) is 0 Å². The van der Waals surface area contributed by atoms with Gasteiger partial charge in [0.2, 0.25) is 0 Å². The average molecular weight is 704 g/mol. The van der Waals surface area contributed by atoms with Crippen LogP contribution in [0, 0.1) is 0 Å². The topological polar surface area (TPSA) is 29.5 Å². The van der Waals surface area contributed by atoms with Gasteiger partial charge in [-0.1, -0.05) is 164 Å². The van der Waals surface area contributed by atoms with Crippen molar-refractivity contribution in [2.75, 3.05) is 4.90 Å². The minimum atomic E-state index is 0.875. The Morgan fingerprint density at radius 1 is 0.309 bits per heavy atom. The standard InChI is InChI=1S/C52H33NO2/c1-3-14-34(15-4-1)35-26-30-38(31-27-35)53(39-32-28-36(29-33-39)40-22-13-23-43-41-18-9-11-24-46(41)54-51(40)43)50-42-19-7-8-20-44(42)52-49(45-21-10-12-25-47(45)55-52)48(50)37-16-5-2-6-17-37/h1-33H. The maximum atomic E-state index is 6.73. The first kappa shape index (κ1) is 31.2. The summed E-state index contributed by atoms with van der Waals surface area (Å²) in [7, 11) is 0. The first-order valence-corrected chi connectivity index (χ1v) is 18.7. The van der Waals surface area contributed by atoms with E-state index in [1.54, 1.807) is 0 Å². The van der Waals surface area contributed by atoms with Crippen LogP contribution >= 0.6 is 0 Å². The molecule has 2 heterocycles. The lowest BCUT2D eigenvalue weighted by Gasteiger charge is -2.30. The summed E-state index contributed by atoms with van der Waals surface area (Å²) in [4.78, 5) is 2.42. The summed E-state index contributed by atoms with van der Waals surface area (Å²) in [5.74, 6) is 0. The molecule has 0 atom stereocenters. The summed E-state index contributed by atoms with van der Waals surface area (Å²) < 4.78 is 13.2. The third-order valence-corrected chi connectivity index (χ3v) is 10.9. The van der Waals surface area contributed by atoms with Crippen molar-refractivity contribution < 1.29 is 8.83 Å². The molecular formula is C52H33NO2. The number of hydrogen-bond acceptors (Lipinski definition) is 3. The monoisotopic (exact) mass is 703 g/mol. The van der Waals surface area contributed by atoms with Crippen LogP contribution in [0.15, 0.2) is 209 Å². The van der Waals surface area contributed by atoms with Gasteiger partial charge in [0, 0.05) is 54.8 Å². The zero-order valence-corrected chi connectivity index (χ0v) is 29.8. The second kappa shape index (κ2) is 12.6. The number of para-hydroxylation sites is 3. The average Bonchev–Trinajstić information content (AvgIpc) is 3.84. The molecule has 0 N–H and O–H groups in total. The molecule has 0 saturated carbocycles. The Morgan fingerprint density at radius 2 is 0.782 bits per heavy atom. The van der Waals surface area contributed by atoms with Crippen LogP contribution in [0.5, 0.6) is 0 Å². The third-order valence-electron chi connectivity index (χ3n) is 10.9. The van der Waals surface area contributed by atoms with Gasteiger partial charge in [-0.05, 0) is 58.7 Å². The smallest absolute Gasteiger partial charge is 0.144 e. The molecule has 55 heavy (non-hydrogen) atoms. The number of anilines is 3. The highest BCUT2D eigenvalue weighted by molar-refractivity contribution is 6.27. The fourth-order valence-electron chi connectivity index (χ4n) is 8.35. The molecule has 258 valence electrons. The Morgan fingerprint density at radius 3 is 1.47 bits per heavy atom. The number of nitrogens with zero attached hydrogens (tertiary/aromatic N) is 1. The molecule has 0 unspecified atom stereocenters. The van der Waals surface area contributed by atoms with E-state index in [4.69, 9.17) is 8.83 Å². The molecule has 3 heteroatoms. The third kappa shape index (κ3) is 5.05. The lowest BCUT2D eigenvalue weighted by atomic mass is 9.91. The molecule has 0 aliphatic rings. The van der Waals surface area contributed by atoms with E-state index in [0.29, 0.717) is 0 Å². The molecule has 0 radical (unpaired) electrons. The van der Waals surface area contributed by atoms with Crippen LogP contribution in [0.2, 0.25) is 0 Å². The molecule has 0 fully saturated rings. The number of furan rings is 2. The molecule has 0 aliphatic heterocycles. The summed E-state index contributed by atoms with van der Waals surface area (Å²) in [6.07, 6.45) is 0. The molecule has 0 saturated heterocycles. The normalized spacial score (nSPS) is 11.6. The predicted molar refractivity (Wildman–Crippen MR) is 229 cm³/mol. The van der Waals surface area contributed by atoms with E-state index in [0.717, 1.165) is 94.0 Å². The van der Waals surface area contributed by atoms with Gasteiger partial charge in [-0.15, -0.1) is 0 Å². The molecule has 11 aromatic rings. The van der Waals surface area contributed by atoms with Gasteiger partial charge in [0.05, 0.1) is 5.69 Å². The van der Waals surface area contributed by atoms with E-state index in [1.807, 2.05) is 18.2 Å². The van der Waals surface area contributed by atoms with Crippen molar-refractivity contribution in [1.29, 1.82) is 0 Å². The fourth-order valence-corrected chi connectivity index (χ4v) is 8.35. The predicted octanol–water partition coefficient (Wildman–Crippen LogP) is 15.1. The summed E-state index contributed by atoms with van der Waals surface area (Å²) in [6.45, 7) is 0. The second-order valence-corrected chi connectivity index (χ2v) is 14.0. The quantitative estimate of drug-likeness (QED) is 0.173. The van der Waals surface area contributed by atoms with Gasteiger partial charge in [-0.2, -0.15) is 0 Å². The fraction of sp³-hybridized carbons (Fsp3) is 0. The highest BCUT2D eigenvalue weighted by Crippen LogP contribution is 2.52. The molecule has 2 aromatic heterocycles. The molecule has 9 aromatic carbocycles. The molecule has 0 aliphatic carbocycles. The maximum Gasteiger partial charge on any atom is 0.144 e. The molecule has 0 bridgehead atoms. The minimum absolute atomic E-state index is 0.875. The zero-order chi connectivity index (χ0) is 36.3. The SMILES string of the molecule is c1ccc(-c2ccc(N(c3ccc(-c4cccc5c4oc4ccccc45)cc3)c3c(-c4ccccc4)c4c5ccccc5oc4c4ccccc34)cc2)cc1. The Bertz CT molecular complexity index is 3180. The van der Waals surface area contributed by atoms with Gasteiger partial charge < -0.3 is 13.7 Å². The van der Waals surface area contributed by atoms with Gasteiger partial charge in [0.1, 0.15) is 22.3 Å². The molecule has 11 rings (SSSR count). The Balaban J connectivity index is 1.19. The molecular weight excluding hydrogens is 671 g/mol. The van der Waals surface area contributed by atoms with Crippen LogP contribution < -0.4 is 4.90 Å². The van der Waals surface area contributed by atoms with E-state index in [9.17, 15) is 0 Å². The van der Waals surface area contributed by atoms with Crippen LogP contribution in [0.25, 0.3) is 88.0 Å². The highest BCUT2D eigenvalue weighted by Gasteiger charge is 2.26. The van der Waals surface area contributed by atoms with Crippen molar-refractivity contribution in [1.82, 2.24) is 0 Å². The highest BCUT2D eigenvalue weighted by atomic mass is 16.3. The van der Waals surface area contributed by atoms with Crippen molar-refractivity contribution in [2.45, 2.75) is 0 Å². The first-order chi connectivity index (χ1) is 27.3. The van der Waals surface area contributed by atoms with Crippen molar-refractivity contribution in [3.63, 3.8) is 0 Å². The lowest BCUT2D eigenvalue weighted by molar-refractivity contribution is 0.670. The summed E-state index contributed by atoms with van der Waals surface area (Å²) in [5.41, 5.74) is 13.5. The van der Waals surface area contributed by atoms with E-state index in [1.165, 1.54) is 11.1 Å². The van der Waals surface area contributed by atoms with Crippen LogP contribution in [-0.2, 0) is 0 Å². The van der Waals surface area contributed by atoms with Crippen LogP contribution in [0.4, 0.5) is 17.1 Å². The Hall–Kier alpha value is -7.36. The number of rotatable bonds is 6. The van der Waals surface area contributed by atoms with Gasteiger partial charge in [-0.25, -0.2) is 0 Å². The van der Waals surface area contributed by atoms with Crippen LogP contribution in [0.3, 0.4) is 0 Å². The molecule has 3 nitrogen and oxygen atoms in total. The molecule has 0 amide bonds. The van der Waals surface area contributed by atoms with E-state index in [-0.39, 0.29) is 0 Å². The van der Waals surface area contributed by atoms with E-state index < -0.39 is 0 Å². The van der Waals surface area contributed by atoms with Crippen LogP contribution in [-0.4, -0.2) is 0 Å². The number of hydrogen-bond donors (Lipinski definition) is 0. The summed E-state index contributed by atoms with van der Waals surface area (Å²) >= 11 is 0. The summed E-state index contributed by atoms with van der Waals surface area (Å²) in [5, 5.41) is 6.63. The van der Waals surface area contributed by atoms with Crippen molar-refractivity contribution in [3.8, 4) is 33.4 Å². The second-order valence-electron chi connectivity index (χ2n) is 14.0. The minimum Gasteiger partial charge on any atom is -0.455 e. The van der Waals surface area contributed by atoms with Gasteiger partial charge in [0.25, 0.3) is 0 Å². The van der Waals surface area contributed by atoms with Crippen molar-refractivity contribution in [3.05, 3.63) is 200 Å². The number of benzene rings is 9. The largest absolute Gasteiger partial charge is 0.455 e. The Labute approximate surface area is 317 Å². The van der Waals surface area contributed by atoms with Gasteiger partial charge in [0.15, 0.2) is 0 Å². The van der Waals surface area contributed by atoms with Crippen molar-refractivity contribution in [2.24, 2.45) is 0 Å². The Kier molecular flexibility index (Phi) is 7.17. The maximum absolute atomic E-state index is 6.73. The summed E-state index contributed by atoms with van der Waals surface area (Å²) in [6, 6.07) is 70.9. The van der Waals surface area contributed by atoms with Gasteiger partial charge in [-0.3, -0.25) is 0 Å². The van der Waals surface area contributed by atoms with E-state index in [2.05, 4.69) is 187 Å². The van der Waals surface area contributed by atoms with Crippen molar-refractivity contribution >= 4 is 71.7 Å². The zero-order valence-electron chi connectivity index (χ0n) is 29.8. The number of fused-ring (bicyclic) bond motifs is 8. The van der Waals surface area contributed by atoms with E-state index >= 15 is 0 Å². The lowest BCUT2D eigenvalue weighted by Crippen LogP contribution is -2.12. The molecule has 0 spiro atoms. The van der Waals surface area contributed by atoms with Gasteiger partial charge >= 0.3 is 0 Å².